The molecule has 0 saturated carbocycles. The molecule has 1 aromatic heterocycles. The lowest BCUT2D eigenvalue weighted by molar-refractivity contribution is 0.0342. The van der Waals surface area contributed by atoms with Crippen LogP contribution in [0.1, 0.15) is 16.7 Å². The SMILES string of the molecule is Cc1cc2[nH]ccc(=O)c2c(C)c1-c1ccc(CN2CCOCC2)cc1. The zero-order chi connectivity index (χ0) is 18.1. The summed E-state index contributed by atoms with van der Waals surface area (Å²) in [5.41, 5.74) is 6.83. The van der Waals surface area contributed by atoms with Crippen LogP contribution < -0.4 is 5.43 Å². The van der Waals surface area contributed by atoms with E-state index in [2.05, 4.69) is 47.1 Å². The lowest BCUT2D eigenvalue weighted by Gasteiger charge is -2.26. The first-order valence-electron chi connectivity index (χ1n) is 9.14. The number of hydrogen-bond donors (Lipinski definition) is 1. The molecule has 26 heavy (non-hydrogen) atoms. The van der Waals surface area contributed by atoms with Gasteiger partial charge in [-0.25, -0.2) is 0 Å². The molecule has 134 valence electrons. The number of aromatic nitrogens is 1. The van der Waals surface area contributed by atoms with Gasteiger partial charge in [-0.1, -0.05) is 24.3 Å². The molecule has 0 radical (unpaired) electrons. The Bertz CT molecular complexity index is 983. The van der Waals surface area contributed by atoms with Crippen molar-refractivity contribution in [2.24, 2.45) is 0 Å². The summed E-state index contributed by atoms with van der Waals surface area (Å²) < 4.78 is 5.42. The molecule has 0 bridgehead atoms. The van der Waals surface area contributed by atoms with Crippen LogP contribution in [0.15, 0.2) is 47.4 Å². The lowest BCUT2D eigenvalue weighted by Crippen LogP contribution is -2.35. The van der Waals surface area contributed by atoms with Crippen molar-refractivity contribution in [3.63, 3.8) is 0 Å². The van der Waals surface area contributed by atoms with Crippen LogP contribution in [0.5, 0.6) is 0 Å². The van der Waals surface area contributed by atoms with Crippen LogP contribution in [0.4, 0.5) is 0 Å². The van der Waals surface area contributed by atoms with Crippen LogP contribution in [0.2, 0.25) is 0 Å². The fourth-order valence-corrected chi connectivity index (χ4v) is 3.94. The minimum atomic E-state index is 0.0708. The van der Waals surface area contributed by atoms with Gasteiger partial charge in [-0.15, -0.1) is 0 Å². The minimum Gasteiger partial charge on any atom is -0.379 e. The Kier molecular flexibility index (Phi) is 4.62. The highest BCUT2D eigenvalue weighted by Crippen LogP contribution is 2.31. The summed E-state index contributed by atoms with van der Waals surface area (Å²) in [5.74, 6) is 0. The third kappa shape index (κ3) is 3.18. The number of pyridine rings is 1. The maximum atomic E-state index is 12.3. The summed E-state index contributed by atoms with van der Waals surface area (Å²) in [7, 11) is 0. The molecule has 1 fully saturated rings. The number of ether oxygens (including phenoxy) is 1. The van der Waals surface area contributed by atoms with E-state index in [4.69, 9.17) is 4.74 Å². The third-order valence-electron chi connectivity index (χ3n) is 5.25. The molecule has 2 heterocycles. The Morgan fingerprint density at radius 2 is 1.81 bits per heavy atom. The molecule has 1 N–H and O–H groups in total. The number of hydrogen-bond acceptors (Lipinski definition) is 3. The zero-order valence-electron chi connectivity index (χ0n) is 15.3. The molecule has 4 nitrogen and oxygen atoms in total. The number of aryl methyl sites for hydroxylation is 2. The fourth-order valence-electron chi connectivity index (χ4n) is 3.94. The number of nitrogens with one attached hydrogen (secondary N) is 1. The summed E-state index contributed by atoms with van der Waals surface area (Å²) in [6.07, 6.45) is 1.71. The van der Waals surface area contributed by atoms with Gasteiger partial charge < -0.3 is 9.72 Å². The Hall–Kier alpha value is -2.43. The fraction of sp³-hybridized carbons (Fsp3) is 0.318. The molecule has 4 rings (SSSR count). The predicted molar refractivity (Wildman–Crippen MR) is 106 cm³/mol. The van der Waals surface area contributed by atoms with E-state index in [-0.39, 0.29) is 5.43 Å². The van der Waals surface area contributed by atoms with Gasteiger partial charge in [0.05, 0.1) is 13.2 Å². The van der Waals surface area contributed by atoms with Crippen LogP contribution >= 0.6 is 0 Å². The molecule has 3 aromatic rings. The number of nitrogens with zero attached hydrogens (tertiary/aromatic N) is 1. The quantitative estimate of drug-likeness (QED) is 0.786. The molecule has 0 atom stereocenters. The van der Waals surface area contributed by atoms with Gasteiger partial charge in [-0.3, -0.25) is 9.69 Å². The second kappa shape index (κ2) is 7.06. The van der Waals surface area contributed by atoms with Crippen molar-refractivity contribution in [1.82, 2.24) is 9.88 Å². The average molecular weight is 348 g/mol. The number of morpholine rings is 1. The molecule has 0 amide bonds. The number of H-pyrrole nitrogens is 1. The van der Waals surface area contributed by atoms with E-state index >= 15 is 0 Å². The first-order valence-corrected chi connectivity index (χ1v) is 9.14. The summed E-state index contributed by atoms with van der Waals surface area (Å²) in [6, 6.07) is 12.4. The van der Waals surface area contributed by atoms with Crippen molar-refractivity contribution in [2.75, 3.05) is 26.3 Å². The van der Waals surface area contributed by atoms with Gasteiger partial charge in [-0.05, 0) is 47.7 Å². The minimum absolute atomic E-state index is 0.0708. The van der Waals surface area contributed by atoms with Crippen molar-refractivity contribution < 1.29 is 4.74 Å². The summed E-state index contributed by atoms with van der Waals surface area (Å²) in [5, 5.41) is 0.783. The van der Waals surface area contributed by atoms with Crippen molar-refractivity contribution >= 4 is 10.9 Å². The van der Waals surface area contributed by atoms with E-state index in [9.17, 15) is 4.79 Å². The Morgan fingerprint density at radius 3 is 2.54 bits per heavy atom. The summed E-state index contributed by atoms with van der Waals surface area (Å²) in [4.78, 5) is 17.9. The van der Waals surface area contributed by atoms with E-state index in [1.165, 1.54) is 11.1 Å². The second-order valence-electron chi connectivity index (χ2n) is 7.04. The largest absolute Gasteiger partial charge is 0.379 e. The standard InChI is InChI=1S/C22H24N2O2/c1-15-13-19-22(20(25)7-8-23-19)16(2)21(15)18-5-3-17(4-6-18)14-24-9-11-26-12-10-24/h3-8,13H,9-12,14H2,1-2H3,(H,23,25). The van der Waals surface area contributed by atoms with Crippen LogP contribution in [0.3, 0.4) is 0 Å². The number of rotatable bonds is 3. The maximum absolute atomic E-state index is 12.3. The Balaban J connectivity index is 1.69. The van der Waals surface area contributed by atoms with E-state index in [0.29, 0.717) is 0 Å². The van der Waals surface area contributed by atoms with Gasteiger partial charge in [-0.2, -0.15) is 0 Å². The molecule has 1 aliphatic heterocycles. The maximum Gasteiger partial charge on any atom is 0.189 e. The Morgan fingerprint density at radius 1 is 1.08 bits per heavy atom. The van der Waals surface area contributed by atoms with Crippen LogP contribution in [0.25, 0.3) is 22.0 Å². The lowest BCUT2D eigenvalue weighted by atomic mass is 9.92. The average Bonchev–Trinajstić information content (AvgIpc) is 2.64. The molecule has 4 heteroatoms. The third-order valence-corrected chi connectivity index (χ3v) is 5.25. The second-order valence-corrected chi connectivity index (χ2v) is 7.04. The summed E-state index contributed by atoms with van der Waals surface area (Å²) >= 11 is 0. The first kappa shape index (κ1) is 17.0. The number of benzene rings is 2. The molecule has 0 unspecified atom stereocenters. The number of fused-ring (bicyclic) bond motifs is 1. The van der Waals surface area contributed by atoms with Gasteiger partial charge in [0, 0.05) is 42.8 Å². The monoisotopic (exact) mass is 348 g/mol. The van der Waals surface area contributed by atoms with Gasteiger partial charge in [0.2, 0.25) is 0 Å². The Labute approximate surface area is 153 Å². The molecule has 1 saturated heterocycles. The normalized spacial score (nSPS) is 15.5. The first-order chi connectivity index (χ1) is 12.6. The van der Waals surface area contributed by atoms with E-state index in [1.807, 2.05) is 6.92 Å². The van der Waals surface area contributed by atoms with E-state index < -0.39 is 0 Å². The van der Waals surface area contributed by atoms with Gasteiger partial charge in [0.15, 0.2) is 5.43 Å². The van der Waals surface area contributed by atoms with Gasteiger partial charge >= 0.3 is 0 Å². The topological polar surface area (TPSA) is 45.3 Å². The highest BCUT2D eigenvalue weighted by Gasteiger charge is 2.13. The van der Waals surface area contributed by atoms with Crippen molar-refractivity contribution in [3.8, 4) is 11.1 Å². The smallest absolute Gasteiger partial charge is 0.189 e. The molecule has 0 aliphatic carbocycles. The molecular formula is C22H24N2O2. The van der Waals surface area contributed by atoms with Crippen molar-refractivity contribution in [1.29, 1.82) is 0 Å². The van der Waals surface area contributed by atoms with Crippen molar-refractivity contribution in [2.45, 2.75) is 20.4 Å². The molecule has 0 spiro atoms. The highest BCUT2D eigenvalue weighted by atomic mass is 16.5. The summed E-state index contributed by atoms with van der Waals surface area (Å²) in [6.45, 7) is 8.74. The van der Waals surface area contributed by atoms with E-state index in [1.54, 1.807) is 12.3 Å². The van der Waals surface area contributed by atoms with Gasteiger partial charge in [0.1, 0.15) is 0 Å². The van der Waals surface area contributed by atoms with Crippen LogP contribution in [-0.2, 0) is 11.3 Å². The van der Waals surface area contributed by atoms with Crippen LogP contribution in [-0.4, -0.2) is 36.2 Å². The van der Waals surface area contributed by atoms with E-state index in [0.717, 1.165) is 60.4 Å². The van der Waals surface area contributed by atoms with Crippen molar-refractivity contribution in [3.05, 3.63) is 69.5 Å². The molecule has 2 aromatic carbocycles. The molecule has 1 aliphatic rings. The number of aromatic amines is 1. The van der Waals surface area contributed by atoms with Crippen LogP contribution in [0, 0.1) is 13.8 Å². The zero-order valence-corrected chi connectivity index (χ0v) is 15.3. The molecular weight excluding hydrogens is 324 g/mol. The predicted octanol–water partition coefficient (Wildman–Crippen LogP) is 3.64. The highest BCUT2D eigenvalue weighted by molar-refractivity contribution is 5.90. The van der Waals surface area contributed by atoms with Gasteiger partial charge in [0.25, 0.3) is 0 Å².